The van der Waals surface area contributed by atoms with Crippen LogP contribution in [0.5, 0.6) is 0 Å². The molecule has 1 amide bonds. The van der Waals surface area contributed by atoms with E-state index in [-0.39, 0.29) is 5.91 Å². The van der Waals surface area contributed by atoms with Crippen LogP contribution in [0.2, 0.25) is 0 Å². The van der Waals surface area contributed by atoms with Crippen LogP contribution in [-0.4, -0.2) is 24.0 Å². The van der Waals surface area contributed by atoms with Gasteiger partial charge in [-0.2, -0.15) is 0 Å². The van der Waals surface area contributed by atoms with E-state index in [2.05, 4.69) is 21.7 Å². The first-order valence-corrected chi connectivity index (χ1v) is 8.86. The highest BCUT2D eigenvalue weighted by atomic mass is 32.1. The summed E-state index contributed by atoms with van der Waals surface area (Å²) in [7, 11) is 0. The lowest BCUT2D eigenvalue weighted by Crippen LogP contribution is -2.25. The van der Waals surface area contributed by atoms with Crippen molar-refractivity contribution in [2.75, 3.05) is 13.1 Å². The van der Waals surface area contributed by atoms with Crippen LogP contribution >= 0.6 is 11.3 Å². The number of aromatic nitrogens is 1. The van der Waals surface area contributed by atoms with E-state index < -0.39 is 0 Å². The second kappa shape index (κ2) is 7.18. The highest BCUT2D eigenvalue weighted by Crippen LogP contribution is 2.25. The Balaban J connectivity index is 1.47. The lowest BCUT2D eigenvalue weighted by molar-refractivity contribution is 0.0949. The fourth-order valence-electron chi connectivity index (χ4n) is 3.01. The molecule has 0 bridgehead atoms. The molecule has 2 aliphatic rings. The van der Waals surface area contributed by atoms with Crippen molar-refractivity contribution in [3.63, 3.8) is 0 Å². The maximum Gasteiger partial charge on any atom is 0.270 e. The molecule has 4 nitrogen and oxygen atoms in total. The molecule has 1 aliphatic carbocycles. The highest BCUT2D eigenvalue weighted by Gasteiger charge is 2.20. The standard InChI is InChI=1S/C16H23N3OS/c20-15(18-10-8-12-5-2-1-3-6-12)14-11-21-16(19-14)13-7-4-9-17-13/h5,11,13,17H,1-4,6-10H2,(H,18,20). The van der Waals surface area contributed by atoms with Crippen molar-refractivity contribution in [1.82, 2.24) is 15.6 Å². The van der Waals surface area contributed by atoms with E-state index in [1.807, 2.05) is 5.38 Å². The van der Waals surface area contributed by atoms with Gasteiger partial charge in [-0.05, 0) is 51.5 Å². The Kier molecular flexibility index (Phi) is 5.04. The van der Waals surface area contributed by atoms with Gasteiger partial charge in [-0.15, -0.1) is 11.3 Å². The van der Waals surface area contributed by atoms with Crippen LogP contribution < -0.4 is 10.6 Å². The van der Waals surface area contributed by atoms with E-state index >= 15 is 0 Å². The fraction of sp³-hybridized carbons (Fsp3) is 0.625. The predicted molar refractivity (Wildman–Crippen MR) is 85.6 cm³/mol. The highest BCUT2D eigenvalue weighted by molar-refractivity contribution is 7.09. The molecular weight excluding hydrogens is 282 g/mol. The average molecular weight is 305 g/mol. The van der Waals surface area contributed by atoms with Crippen LogP contribution in [0.3, 0.4) is 0 Å². The molecule has 0 saturated carbocycles. The molecule has 2 heterocycles. The second-order valence-corrected chi connectivity index (χ2v) is 6.72. The van der Waals surface area contributed by atoms with Gasteiger partial charge in [-0.1, -0.05) is 11.6 Å². The van der Waals surface area contributed by atoms with Crippen molar-refractivity contribution < 1.29 is 4.79 Å². The number of allylic oxidation sites excluding steroid dienone is 1. The van der Waals surface area contributed by atoms with Crippen molar-refractivity contribution in [2.45, 2.75) is 51.0 Å². The fourth-order valence-corrected chi connectivity index (χ4v) is 3.91. The average Bonchev–Trinajstić information content (AvgIpc) is 3.19. The van der Waals surface area contributed by atoms with Gasteiger partial charge in [0.15, 0.2) is 0 Å². The van der Waals surface area contributed by atoms with Crippen molar-refractivity contribution in [1.29, 1.82) is 0 Å². The number of hydrogen-bond acceptors (Lipinski definition) is 4. The Bertz CT molecular complexity index is 517. The van der Waals surface area contributed by atoms with E-state index in [4.69, 9.17) is 0 Å². The zero-order valence-corrected chi connectivity index (χ0v) is 13.2. The summed E-state index contributed by atoms with van der Waals surface area (Å²) in [5, 5.41) is 9.34. The summed E-state index contributed by atoms with van der Waals surface area (Å²) < 4.78 is 0. The molecule has 1 aliphatic heterocycles. The number of carbonyl (C=O) groups excluding carboxylic acids is 1. The van der Waals surface area contributed by atoms with Gasteiger partial charge in [-0.25, -0.2) is 4.98 Å². The van der Waals surface area contributed by atoms with Crippen molar-refractivity contribution >= 4 is 17.2 Å². The van der Waals surface area contributed by atoms with E-state index in [0.717, 1.165) is 30.9 Å². The first kappa shape index (κ1) is 14.7. The molecule has 1 atom stereocenters. The minimum absolute atomic E-state index is 0.0353. The minimum atomic E-state index is -0.0353. The Morgan fingerprint density at radius 1 is 1.43 bits per heavy atom. The van der Waals surface area contributed by atoms with Crippen molar-refractivity contribution in [3.05, 3.63) is 27.7 Å². The number of carbonyl (C=O) groups is 1. The van der Waals surface area contributed by atoms with Gasteiger partial charge >= 0.3 is 0 Å². The normalized spacial score (nSPS) is 22.1. The van der Waals surface area contributed by atoms with Crippen LogP contribution in [0.4, 0.5) is 0 Å². The summed E-state index contributed by atoms with van der Waals surface area (Å²) in [6.07, 6.45) is 10.6. The maximum atomic E-state index is 12.1. The SMILES string of the molecule is O=C(NCCC1=CCCCC1)c1csc(C2CCCN2)n1. The molecule has 1 fully saturated rings. The zero-order valence-electron chi connectivity index (χ0n) is 12.4. The Morgan fingerprint density at radius 2 is 2.38 bits per heavy atom. The van der Waals surface area contributed by atoms with Gasteiger partial charge in [0.25, 0.3) is 5.91 Å². The number of nitrogens with one attached hydrogen (secondary N) is 2. The van der Waals surface area contributed by atoms with E-state index in [1.165, 1.54) is 37.7 Å². The lowest BCUT2D eigenvalue weighted by Gasteiger charge is -2.12. The number of amides is 1. The van der Waals surface area contributed by atoms with Gasteiger partial charge in [0.05, 0.1) is 6.04 Å². The number of rotatable bonds is 5. The molecule has 0 radical (unpaired) electrons. The van der Waals surface area contributed by atoms with Gasteiger partial charge in [-0.3, -0.25) is 4.79 Å². The summed E-state index contributed by atoms with van der Waals surface area (Å²) in [4.78, 5) is 16.6. The van der Waals surface area contributed by atoms with Gasteiger partial charge in [0.1, 0.15) is 10.7 Å². The van der Waals surface area contributed by atoms with E-state index in [1.54, 1.807) is 11.3 Å². The van der Waals surface area contributed by atoms with Crippen molar-refractivity contribution in [3.8, 4) is 0 Å². The summed E-state index contributed by atoms with van der Waals surface area (Å²) >= 11 is 1.59. The summed E-state index contributed by atoms with van der Waals surface area (Å²) in [5.41, 5.74) is 2.07. The Hall–Kier alpha value is -1.20. The van der Waals surface area contributed by atoms with Crippen LogP contribution in [0.15, 0.2) is 17.0 Å². The molecule has 1 unspecified atom stereocenters. The van der Waals surface area contributed by atoms with Crippen LogP contribution in [0.1, 0.15) is 66.5 Å². The number of hydrogen-bond donors (Lipinski definition) is 2. The van der Waals surface area contributed by atoms with Gasteiger partial charge < -0.3 is 10.6 Å². The summed E-state index contributed by atoms with van der Waals surface area (Å²) in [6.45, 7) is 1.78. The van der Waals surface area contributed by atoms with Gasteiger partial charge in [0, 0.05) is 11.9 Å². The quantitative estimate of drug-likeness (QED) is 0.822. The molecular formula is C16H23N3OS. The smallest absolute Gasteiger partial charge is 0.270 e. The third-order valence-electron chi connectivity index (χ3n) is 4.23. The summed E-state index contributed by atoms with van der Waals surface area (Å²) in [6, 6.07) is 0.351. The Morgan fingerprint density at radius 3 is 3.14 bits per heavy atom. The molecule has 114 valence electrons. The molecule has 2 N–H and O–H groups in total. The summed E-state index contributed by atoms with van der Waals surface area (Å²) in [5.74, 6) is -0.0353. The second-order valence-electron chi connectivity index (χ2n) is 5.83. The molecule has 0 aromatic carbocycles. The van der Waals surface area contributed by atoms with E-state index in [9.17, 15) is 4.79 Å². The third-order valence-corrected chi connectivity index (χ3v) is 5.19. The molecule has 3 rings (SSSR count). The first-order chi connectivity index (χ1) is 10.3. The molecule has 21 heavy (non-hydrogen) atoms. The molecule has 1 aromatic heterocycles. The predicted octanol–water partition coefficient (Wildman–Crippen LogP) is 3.19. The van der Waals surface area contributed by atoms with Crippen LogP contribution in [0, 0.1) is 0 Å². The van der Waals surface area contributed by atoms with Crippen molar-refractivity contribution in [2.24, 2.45) is 0 Å². The zero-order chi connectivity index (χ0) is 14.5. The number of nitrogens with zero attached hydrogens (tertiary/aromatic N) is 1. The lowest BCUT2D eigenvalue weighted by atomic mass is 9.97. The number of thiazole rings is 1. The van der Waals surface area contributed by atoms with E-state index in [0.29, 0.717) is 11.7 Å². The molecule has 1 saturated heterocycles. The van der Waals surface area contributed by atoms with Crippen LogP contribution in [0.25, 0.3) is 0 Å². The first-order valence-electron chi connectivity index (χ1n) is 7.98. The minimum Gasteiger partial charge on any atom is -0.350 e. The maximum absolute atomic E-state index is 12.1. The molecule has 1 aromatic rings. The Labute approximate surface area is 130 Å². The van der Waals surface area contributed by atoms with Crippen LogP contribution in [-0.2, 0) is 0 Å². The van der Waals surface area contributed by atoms with Gasteiger partial charge in [0.2, 0.25) is 0 Å². The topological polar surface area (TPSA) is 54.0 Å². The molecule has 0 spiro atoms. The largest absolute Gasteiger partial charge is 0.350 e. The monoisotopic (exact) mass is 305 g/mol. The third kappa shape index (κ3) is 3.92. The molecule has 5 heteroatoms.